The lowest BCUT2D eigenvalue weighted by Gasteiger charge is -1.97. The molecule has 0 aliphatic heterocycles. The summed E-state index contributed by atoms with van der Waals surface area (Å²) < 4.78 is 5.37. The largest absolute Gasteiger partial charge is 0.451 e. The lowest BCUT2D eigenvalue weighted by Crippen LogP contribution is -2.30. The van der Waals surface area contributed by atoms with E-state index in [1.165, 1.54) is 0 Å². The van der Waals surface area contributed by atoms with Gasteiger partial charge in [-0.25, -0.2) is 5.84 Å². The van der Waals surface area contributed by atoms with Crippen molar-refractivity contribution in [3.8, 4) is 0 Å². The fraction of sp³-hybridized carbons (Fsp3) is 0.100. The SMILES string of the molecule is [N-]=[N+]=NCc1c(C(=O)NN)oc2ccccc12. The molecular weight excluding hydrogens is 222 g/mol. The maximum Gasteiger partial charge on any atom is 0.301 e. The Morgan fingerprint density at radius 1 is 1.53 bits per heavy atom. The van der Waals surface area contributed by atoms with Gasteiger partial charge in [0.2, 0.25) is 0 Å². The molecule has 1 heterocycles. The summed E-state index contributed by atoms with van der Waals surface area (Å²) in [6, 6.07) is 7.10. The Kier molecular flexibility index (Phi) is 2.95. The van der Waals surface area contributed by atoms with Gasteiger partial charge in [0.25, 0.3) is 0 Å². The van der Waals surface area contributed by atoms with Crippen molar-refractivity contribution >= 4 is 16.9 Å². The van der Waals surface area contributed by atoms with Gasteiger partial charge in [-0.1, -0.05) is 23.3 Å². The highest BCUT2D eigenvalue weighted by atomic mass is 16.3. The molecule has 0 unspecified atom stereocenters. The Hall–Kier alpha value is -2.50. The number of nitrogens with zero attached hydrogens (tertiary/aromatic N) is 3. The van der Waals surface area contributed by atoms with Crippen LogP contribution in [-0.4, -0.2) is 5.91 Å². The number of benzene rings is 1. The van der Waals surface area contributed by atoms with Gasteiger partial charge >= 0.3 is 5.91 Å². The average Bonchev–Trinajstić information content (AvgIpc) is 2.74. The smallest absolute Gasteiger partial charge is 0.301 e. The molecule has 0 bridgehead atoms. The molecule has 7 nitrogen and oxygen atoms in total. The van der Waals surface area contributed by atoms with Crippen LogP contribution in [0.15, 0.2) is 33.8 Å². The number of furan rings is 1. The van der Waals surface area contributed by atoms with Crippen molar-refractivity contribution in [2.45, 2.75) is 6.54 Å². The van der Waals surface area contributed by atoms with Crippen molar-refractivity contribution in [2.75, 3.05) is 0 Å². The van der Waals surface area contributed by atoms with Crippen LogP contribution in [0.3, 0.4) is 0 Å². The second kappa shape index (κ2) is 4.56. The molecule has 0 saturated carbocycles. The van der Waals surface area contributed by atoms with Gasteiger partial charge in [0.05, 0.1) is 6.54 Å². The van der Waals surface area contributed by atoms with Crippen LogP contribution in [0, 0.1) is 0 Å². The highest BCUT2D eigenvalue weighted by molar-refractivity contribution is 5.98. The first kappa shape index (κ1) is 11.0. The highest BCUT2D eigenvalue weighted by Crippen LogP contribution is 2.26. The Morgan fingerprint density at radius 3 is 3.00 bits per heavy atom. The predicted octanol–water partition coefficient (Wildman–Crippen LogP) is 1.85. The third kappa shape index (κ3) is 1.92. The number of azide groups is 1. The Bertz CT molecular complexity index is 612. The maximum absolute atomic E-state index is 11.5. The molecule has 1 amide bonds. The molecule has 3 N–H and O–H groups in total. The summed E-state index contributed by atoms with van der Waals surface area (Å²) >= 11 is 0. The summed E-state index contributed by atoms with van der Waals surface area (Å²) in [5.74, 6) is 4.58. The van der Waals surface area contributed by atoms with Crippen molar-refractivity contribution in [3.63, 3.8) is 0 Å². The lowest BCUT2D eigenvalue weighted by molar-refractivity contribution is 0.0927. The van der Waals surface area contributed by atoms with Crippen molar-refractivity contribution in [1.29, 1.82) is 0 Å². The number of nitrogens with two attached hydrogens (primary N) is 1. The summed E-state index contributed by atoms with van der Waals surface area (Å²) in [7, 11) is 0. The van der Waals surface area contributed by atoms with Gasteiger partial charge in [0, 0.05) is 15.9 Å². The molecule has 0 saturated heterocycles. The molecule has 86 valence electrons. The third-order valence-corrected chi connectivity index (χ3v) is 2.33. The Labute approximate surface area is 95.8 Å². The number of fused-ring (bicyclic) bond motifs is 1. The van der Waals surface area contributed by atoms with Crippen LogP contribution in [0.4, 0.5) is 0 Å². The topological polar surface area (TPSA) is 117 Å². The minimum atomic E-state index is -0.552. The van der Waals surface area contributed by atoms with Crippen LogP contribution < -0.4 is 11.3 Å². The van der Waals surface area contributed by atoms with E-state index in [4.69, 9.17) is 15.8 Å². The van der Waals surface area contributed by atoms with Crippen molar-refractivity contribution in [2.24, 2.45) is 11.0 Å². The predicted molar refractivity (Wildman–Crippen MR) is 60.7 cm³/mol. The Morgan fingerprint density at radius 2 is 2.29 bits per heavy atom. The molecule has 2 aromatic rings. The number of carbonyl (C=O) groups is 1. The van der Waals surface area contributed by atoms with E-state index in [1.807, 2.05) is 11.5 Å². The number of amides is 1. The van der Waals surface area contributed by atoms with Gasteiger partial charge in [0.15, 0.2) is 5.76 Å². The van der Waals surface area contributed by atoms with E-state index < -0.39 is 5.91 Å². The van der Waals surface area contributed by atoms with Crippen LogP contribution in [0.2, 0.25) is 0 Å². The van der Waals surface area contributed by atoms with Crippen molar-refractivity contribution in [1.82, 2.24) is 5.43 Å². The van der Waals surface area contributed by atoms with E-state index in [0.717, 1.165) is 5.39 Å². The molecular formula is C10H9N5O2. The second-order valence-electron chi connectivity index (χ2n) is 3.27. The van der Waals surface area contributed by atoms with E-state index >= 15 is 0 Å². The van der Waals surface area contributed by atoms with Gasteiger partial charge in [-0.2, -0.15) is 0 Å². The summed E-state index contributed by atoms with van der Waals surface area (Å²) in [4.78, 5) is 14.2. The number of nitrogens with one attached hydrogen (secondary N) is 1. The number of para-hydroxylation sites is 1. The van der Waals surface area contributed by atoms with E-state index in [1.54, 1.807) is 18.2 Å². The first-order valence-electron chi connectivity index (χ1n) is 4.80. The Balaban J connectivity index is 2.64. The molecule has 0 fully saturated rings. The molecule has 0 spiro atoms. The third-order valence-electron chi connectivity index (χ3n) is 2.33. The van der Waals surface area contributed by atoms with Crippen molar-refractivity contribution in [3.05, 3.63) is 46.0 Å². The number of nitrogen functional groups attached to an aromatic ring is 1. The quantitative estimate of drug-likeness (QED) is 0.209. The standard InChI is InChI=1S/C10H9N5O2/c11-14-10(16)9-7(5-13-15-12)6-3-1-2-4-8(6)17-9/h1-4H,5,11H2,(H,14,16). The van der Waals surface area contributed by atoms with Crippen LogP contribution in [0.5, 0.6) is 0 Å². The molecule has 1 aromatic heterocycles. The zero-order valence-electron chi connectivity index (χ0n) is 8.75. The molecule has 2 rings (SSSR count). The number of carbonyl (C=O) groups excluding carboxylic acids is 1. The van der Waals surface area contributed by atoms with E-state index in [0.29, 0.717) is 11.1 Å². The summed E-state index contributed by atoms with van der Waals surface area (Å²) in [5, 5.41) is 4.18. The van der Waals surface area contributed by atoms with Crippen LogP contribution in [-0.2, 0) is 6.54 Å². The summed E-state index contributed by atoms with van der Waals surface area (Å²) in [6.07, 6.45) is 0. The fourth-order valence-electron chi connectivity index (χ4n) is 1.61. The minimum absolute atomic E-state index is 0.0380. The van der Waals surface area contributed by atoms with Gasteiger partial charge < -0.3 is 4.42 Å². The zero-order chi connectivity index (χ0) is 12.3. The van der Waals surface area contributed by atoms with Crippen LogP contribution in [0.25, 0.3) is 21.4 Å². The minimum Gasteiger partial charge on any atom is -0.451 e. The highest BCUT2D eigenvalue weighted by Gasteiger charge is 2.18. The van der Waals surface area contributed by atoms with E-state index in [-0.39, 0.29) is 12.3 Å². The van der Waals surface area contributed by atoms with Gasteiger partial charge in [-0.3, -0.25) is 10.2 Å². The molecule has 1 aromatic carbocycles. The number of hydrogen-bond donors (Lipinski definition) is 2. The van der Waals surface area contributed by atoms with Crippen LogP contribution in [0.1, 0.15) is 16.1 Å². The number of hydrazine groups is 1. The summed E-state index contributed by atoms with van der Waals surface area (Å²) in [5.41, 5.74) is 11.4. The first-order valence-corrected chi connectivity index (χ1v) is 4.80. The molecule has 0 aliphatic carbocycles. The van der Waals surface area contributed by atoms with E-state index in [2.05, 4.69) is 10.0 Å². The van der Waals surface area contributed by atoms with Gasteiger partial charge in [-0.15, -0.1) is 0 Å². The molecule has 0 radical (unpaired) electrons. The van der Waals surface area contributed by atoms with Gasteiger partial charge in [0.1, 0.15) is 5.58 Å². The molecule has 17 heavy (non-hydrogen) atoms. The first-order chi connectivity index (χ1) is 8.27. The lowest BCUT2D eigenvalue weighted by atomic mass is 10.1. The average molecular weight is 231 g/mol. The molecule has 0 atom stereocenters. The molecule has 7 heteroatoms. The summed E-state index contributed by atoms with van der Waals surface area (Å²) in [6.45, 7) is 0.0380. The van der Waals surface area contributed by atoms with Crippen molar-refractivity contribution < 1.29 is 9.21 Å². The monoisotopic (exact) mass is 231 g/mol. The normalized spacial score (nSPS) is 9.94. The van der Waals surface area contributed by atoms with Gasteiger partial charge in [-0.05, 0) is 11.6 Å². The van der Waals surface area contributed by atoms with Crippen LogP contribution >= 0.6 is 0 Å². The number of hydrogen-bond acceptors (Lipinski definition) is 4. The number of rotatable bonds is 3. The molecule has 0 aliphatic rings. The zero-order valence-corrected chi connectivity index (χ0v) is 8.75. The second-order valence-corrected chi connectivity index (χ2v) is 3.27. The maximum atomic E-state index is 11.5. The fourth-order valence-corrected chi connectivity index (χ4v) is 1.61. The van der Waals surface area contributed by atoms with E-state index in [9.17, 15) is 4.79 Å².